The van der Waals surface area contributed by atoms with Crippen molar-refractivity contribution in [2.24, 2.45) is 0 Å². The molecule has 0 saturated carbocycles. The maximum absolute atomic E-state index is 13.7. The van der Waals surface area contributed by atoms with Crippen molar-refractivity contribution in [2.45, 2.75) is 12.6 Å². The van der Waals surface area contributed by atoms with E-state index in [2.05, 4.69) is 4.98 Å². The first-order valence-electron chi connectivity index (χ1n) is 13.7. The summed E-state index contributed by atoms with van der Waals surface area (Å²) in [7, 11) is 4.59. The molecule has 1 aromatic heterocycles. The van der Waals surface area contributed by atoms with E-state index in [1.54, 1.807) is 61.7 Å². The lowest BCUT2D eigenvalue weighted by molar-refractivity contribution is -0.132. The molecule has 9 nitrogen and oxygen atoms in total. The number of carbonyl (C=O) groups excluding carboxylic acids is 2. The van der Waals surface area contributed by atoms with E-state index in [0.717, 1.165) is 10.3 Å². The number of Topliss-reactive ketones (excluding diaryl/α,β-unsaturated/α-hetero) is 1. The summed E-state index contributed by atoms with van der Waals surface area (Å²) in [4.78, 5) is 33.4. The fraction of sp³-hybridized carbons (Fsp3) is 0.147. The molecule has 222 valence electrons. The number of aliphatic hydroxyl groups excluding tert-OH is 1. The maximum Gasteiger partial charge on any atom is 0.301 e. The van der Waals surface area contributed by atoms with Crippen molar-refractivity contribution >= 4 is 44.1 Å². The minimum atomic E-state index is -1.01. The van der Waals surface area contributed by atoms with Crippen LogP contribution in [-0.2, 0) is 16.2 Å². The van der Waals surface area contributed by atoms with Gasteiger partial charge >= 0.3 is 5.91 Å². The molecule has 0 aliphatic carbocycles. The number of carbonyl (C=O) groups is 2. The Morgan fingerprint density at radius 3 is 2.36 bits per heavy atom. The van der Waals surface area contributed by atoms with Gasteiger partial charge in [-0.2, -0.15) is 0 Å². The third-order valence-corrected chi connectivity index (χ3v) is 8.34. The van der Waals surface area contributed by atoms with E-state index >= 15 is 0 Å². The number of methoxy groups -OCH3 is 3. The smallest absolute Gasteiger partial charge is 0.301 e. The second-order valence-corrected chi connectivity index (χ2v) is 10.9. The van der Waals surface area contributed by atoms with Crippen molar-refractivity contribution < 1.29 is 33.6 Å². The Kier molecular flexibility index (Phi) is 7.91. The lowest BCUT2D eigenvalue weighted by atomic mass is 9.95. The number of benzene rings is 4. The number of rotatable bonds is 9. The van der Waals surface area contributed by atoms with Crippen molar-refractivity contribution in [3.63, 3.8) is 0 Å². The summed E-state index contributed by atoms with van der Waals surface area (Å²) in [6.45, 7) is 0.319. The molecular formula is C34H28N2O7S. The molecule has 6 rings (SSSR count). The molecule has 1 aliphatic rings. The fourth-order valence-corrected chi connectivity index (χ4v) is 6.12. The lowest BCUT2D eigenvalue weighted by Crippen LogP contribution is -2.29. The molecular weight excluding hydrogens is 580 g/mol. The Bertz CT molecular complexity index is 1900. The number of aromatic nitrogens is 1. The molecule has 4 aromatic carbocycles. The highest BCUT2D eigenvalue weighted by Crippen LogP contribution is 2.46. The monoisotopic (exact) mass is 608 g/mol. The Labute approximate surface area is 257 Å². The standard InChI is InChI=1S/C34H28N2O7S/c1-40-23-11-7-10-22(16-23)31(37)29-30(21-12-15-26(27(17-21)42-3)43-19-20-8-5-4-6-9-20)36(33(39)32(29)38)34-35-25-14-13-24(41-2)18-28(25)44-34/h4-18,30,37H,19H2,1-3H3. The summed E-state index contributed by atoms with van der Waals surface area (Å²) >= 11 is 1.24. The van der Waals surface area contributed by atoms with Crippen LogP contribution in [0.5, 0.6) is 23.0 Å². The number of aliphatic hydroxyl groups is 1. The molecule has 1 atom stereocenters. The van der Waals surface area contributed by atoms with Crippen LogP contribution in [0.25, 0.3) is 16.0 Å². The number of fused-ring (bicyclic) bond motifs is 1. The first kappa shape index (κ1) is 28.8. The van der Waals surface area contributed by atoms with Gasteiger partial charge in [0.25, 0.3) is 5.78 Å². The highest BCUT2D eigenvalue weighted by atomic mass is 32.1. The van der Waals surface area contributed by atoms with Gasteiger partial charge in [-0.15, -0.1) is 0 Å². The SMILES string of the molecule is COc1cccc(C(O)=C2C(=O)C(=O)N(c3nc4ccc(OC)cc4s3)C2c2ccc(OCc3ccccc3)c(OC)c2)c1. The molecule has 0 spiro atoms. The van der Waals surface area contributed by atoms with Crippen molar-refractivity contribution in [1.29, 1.82) is 0 Å². The third-order valence-electron chi connectivity index (χ3n) is 7.32. The van der Waals surface area contributed by atoms with Gasteiger partial charge in [0.05, 0.1) is 43.2 Å². The number of ether oxygens (including phenoxy) is 4. The van der Waals surface area contributed by atoms with Gasteiger partial charge in [0.2, 0.25) is 0 Å². The minimum Gasteiger partial charge on any atom is -0.507 e. The van der Waals surface area contributed by atoms with Crippen LogP contribution in [0.3, 0.4) is 0 Å². The zero-order chi connectivity index (χ0) is 30.8. The van der Waals surface area contributed by atoms with E-state index in [0.29, 0.717) is 51.4 Å². The van der Waals surface area contributed by atoms with E-state index in [1.165, 1.54) is 30.5 Å². The van der Waals surface area contributed by atoms with Gasteiger partial charge in [-0.3, -0.25) is 14.5 Å². The largest absolute Gasteiger partial charge is 0.507 e. The normalized spacial score (nSPS) is 15.9. The second kappa shape index (κ2) is 12.1. The zero-order valence-corrected chi connectivity index (χ0v) is 25.0. The van der Waals surface area contributed by atoms with Crippen LogP contribution in [0, 0.1) is 0 Å². The predicted molar refractivity (Wildman–Crippen MR) is 168 cm³/mol. The van der Waals surface area contributed by atoms with E-state index in [-0.39, 0.29) is 11.3 Å². The Morgan fingerprint density at radius 1 is 0.841 bits per heavy atom. The summed E-state index contributed by atoms with van der Waals surface area (Å²) in [6, 6.07) is 25.9. The van der Waals surface area contributed by atoms with Crippen molar-refractivity contribution in [3.8, 4) is 23.0 Å². The number of thiazole rings is 1. The summed E-state index contributed by atoms with van der Waals surface area (Å²) < 4.78 is 23.2. The molecule has 0 radical (unpaired) electrons. The highest BCUT2D eigenvalue weighted by Gasteiger charge is 2.48. The summed E-state index contributed by atoms with van der Waals surface area (Å²) in [5, 5.41) is 11.9. The minimum absolute atomic E-state index is 0.0832. The number of hydrogen-bond donors (Lipinski definition) is 1. The maximum atomic E-state index is 13.7. The third kappa shape index (κ3) is 5.31. The van der Waals surface area contributed by atoms with Crippen LogP contribution in [0.2, 0.25) is 0 Å². The van der Waals surface area contributed by atoms with Crippen molar-refractivity contribution in [3.05, 3.63) is 113 Å². The predicted octanol–water partition coefficient (Wildman–Crippen LogP) is 6.53. The van der Waals surface area contributed by atoms with Gasteiger partial charge in [0, 0.05) is 5.56 Å². The number of ketones is 1. The molecule has 10 heteroatoms. The molecule has 1 aliphatic heterocycles. The summed E-state index contributed by atoms with van der Waals surface area (Å²) in [5.41, 5.74) is 2.39. The molecule has 44 heavy (non-hydrogen) atoms. The highest BCUT2D eigenvalue weighted by molar-refractivity contribution is 7.22. The second-order valence-electron chi connectivity index (χ2n) is 9.92. The first-order valence-corrected chi connectivity index (χ1v) is 14.5. The number of anilines is 1. The molecule has 1 N–H and O–H groups in total. The van der Waals surface area contributed by atoms with Crippen LogP contribution in [-0.4, -0.2) is 43.1 Å². The average molecular weight is 609 g/mol. The van der Waals surface area contributed by atoms with Gasteiger partial charge in [0.15, 0.2) is 16.6 Å². The molecule has 0 bridgehead atoms. The van der Waals surface area contributed by atoms with Crippen molar-refractivity contribution in [1.82, 2.24) is 4.98 Å². The Morgan fingerprint density at radius 2 is 1.61 bits per heavy atom. The summed E-state index contributed by atoms with van der Waals surface area (Å²) in [6.07, 6.45) is 0. The molecule has 1 unspecified atom stereocenters. The average Bonchev–Trinajstić information content (AvgIpc) is 3.60. The van der Waals surface area contributed by atoms with E-state index in [1.807, 2.05) is 36.4 Å². The molecule has 1 amide bonds. The number of amides is 1. The van der Waals surface area contributed by atoms with E-state index in [4.69, 9.17) is 18.9 Å². The first-order chi connectivity index (χ1) is 21.4. The van der Waals surface area contributed by atoms with Crippen LogP contribution in [0.4, 0.5) is 5.13 Å². The van der Waals surface area contributed by atoms with E-state index in [9.17, 15) is 14.7 Å². The molecule has 1 saturated heterocycles. The number of hydrogen-bond acceptors (Lipinski definition) is 9. The van der Waals surface area contributed by atoms with Gasteiger partial charge in [-0.25, -0.2) is 4.98 Å². The Hall–Kier alpha value is -5.35. The van der Waals surface area contributed by atoms with Crippen LogP contribution in [0.15, 0.2) is 96.6 Å². The van der Waals surface area contributed by atoms with Crippen LogP contribution >= 0.6 is 11.3 Å². The van der Waals surface area contributed by atoms with Gasteiger partial charge in [-0.1, -0.05) is 59.9 Å². The Balaban J connectivity index is 1.48. The fourth-order valence-electron chi connectivity index (χ4n) is 5.10. The van der Waals surface area contributed by atoms with Gasteiger partial charge < -0.3 is 24.1 Å². The zero-order valence-electron chi connectivity index (χ0n) is 24.1. The summed E-state index contributed by atoms with van der Waals surface area (Å²) in [5.74, 6) is 0.0309. The van der Waals surface area contributed by atoms with Crippen molar-refractivity contribution in [2.75, 3.05) is 26.2 Å². The number of nitrogens with zero attached hydrogens (tertiary/aromatic N) is 2. The molecule has 2 heterocycles. The molecule has 1 fully saturated rings. The van der Waals surface area contributed by atoms with Crippen LogP contribution in [0.1, 0.15) is 22.7 Å². The lowest BCUT2D eigenvalue weighted by Gasteiger charge is -2.24. The molecule has 5 aromatic rings. The topological polar surface area (TPSA) is 107 Å². The van der Waals surface area contributed by atoms with Crippen LogP contribution < -0.4 is 23.8 Å². The van der Waals surface area contributed by atoms with Gasteiger partial charge in [0.1, 0.15) is 23.9 Å². The quantitative estimate of drug-likeness (QED) is 0.114. The van der Waals surface area contributed by atoms with Gasteiger partial charge in [-0.05, 0) is 53.6 Å². The van der Waals surface area contributed by atoms with E-state index < -0.39 is 17.7 Å².